The zero-order valence-corrected chi connectivity index (χ0v) is 11.4. The second kappa shape index (κ2) is 5.42. The van der Waals surface area contributed by atoms with Crippen LogP contribution < -0.4 is 16.2 Å². The van der Waals surface area contributed by atoms with Gasteiger partial charge in [0, 0.05) is 17.3 Å². The van der Waals surface area contributed by atoms with E-state index in [4.69, 9.17) is 0 Å². The number of hydrogen-bond donors (Lipinski definition) is 3. The molecule has 1 saturated carbocycles. The van der Waals surface area contributed by atoms with Gasteiger partial charge in [-0.15, -0.1) is 0 Å². The predicted octanol–water partition coefficient (Wildman–Crippen LogP) is 1.92. The summed E-state index contributed by atoms with van der Waals surface area (Å²) in [5.41, 5.74) is 0.140. The Morgan fingerprint density at radius 3 is 2.68 bits per heavy atom. The van der Waals surface area contributed by atoms with Crippen molar-refractivity contribution < 1.29 is 4.79 Å². The number of nitrogens with zero attached hydrogens (tertiary/aromatic N) is 1. The molecule has 1 aromatic heterocycles. The summed E-state index contributed by atoms with van der Waals surface area (Å²) in [6.07, 6.45) is 5.47. The van der Waals surface area contributed by atoms with Gasteiger partial charge in [-0.3, -0.25) is 10.1 Å². The molecule has 104 valence electrons. The van der Waals surface area contributed by atoms with Gasteiger partial charge in [0.2, 0.25) is 5.95 Å². The number of aryl methyl sites for hydroxylation is 1. The molecule has 2 rings (SSSR count). The molecule has 1 fully saturated rings. The largest absolute Gasteiger partial charge is 0.333 e. The lowest BCUT2D eigenvalue weighted by Gasteiger charge is -2.34. The highest BCUT2D eigenvalue weighted by Crippen LogP contribution is 2.27. The summed E-state index contributed by atoms with van der Waals surface area (Å²) in [6.45, 7) is 3.80. The van der Waals surface area contributed by atoms with Crippen LogP contribution in [0.5, 0.6) is 0 Å². The van der Waals surface area contributed by atoms with Crippen molar-refractivity contribution in [2.24, 2.45) is 0 Å². The highest BCUT2D eigenvalue weighted by atomic mass is 16.2. The maximum Gasteiger partial charge on any atom is 0.321 e. The van der Waals surface area contributed by atoms with Crippen LogP contribution in [0.15, 0.2) is 10.9 Å². The molecule has 0 atom stereocenters. The number of carbonyl (C=O) groups excluding carboxylic acids is 1. The molecule has 6 nitrogen and oxygen atoms in total. The normalized spacial score (nSPS) is 17.8. The molecule has 0 unspecified atom stereocenters. The zero-order chi connectivity index (χ0) is 13.9. The maximum atomic E-state index is 11.9. The van der Waals surface area contributed by atoms with Crippen LogP contribution in [0.2, 0.25) is 0 Å². The van der Waals surface area contributed by atoms with Crippen LogP contribution in [0.1, 0.15) is 44.7 Å². The van der Waals surface area contributed by atoms with Gasteiger partial charge in [-0.1, -0.05) is 19.3 Å². The van der Waals surface area contributed by atoms with Crippen molar-refractivity contribution in [3.8, 4) is 0 Å². The molecular formula is C13H20N4O2. The van der Waals surface area contributed by atoms with E-state index in [1.807, 2.05) is 0 Å². The average molecular weight is 264 g/mol. The van der Waals surface area contributed by atoms with Gasteiger partial charge < -0.3 is 10.3 Å². The van der Waals surface area contributed by atoms with E-state index in [-0.39, 0.29) is 23.1 Å². The molecule has 0 saturated heterocycles. The zero-order valence-electron chi connectivity index (χ0n) is 11.4. The Morgan fingerprint density at radius 2 is 2.05 bits per heavy atom. The molecule has 0 aromatic carbocycles. The number of aromatic nitrogens is 2. The van der Waals surface area contributed by atoms with Crippen molar-refractivity contribution in [2.45, 2.75) is 51.5 Å². The third kappa shape index (κ3) is 3.81. The van der Waals surface area contributed by atoms with E-state index in [9.17, 15) is 9.59 Å². The van der Waals surface area contributed by atoms with Crippen molar-refractivity contribution in [1.29, 1.82) is 0 Å². The van der Waals surface area contributed by atoms with Gasteiger partial charge in [0.05, 0.1) is 0 Å². The number of amides is 2. The van der Waals surface area contributed by atoms with Gasteiger partial charge >= 0.3 is 6.03 Å². The lowest BCUT2D eigenvalue weighted by atomic mass is 9.83. The quantitative estimate of drug-likeness (QED) is 0.762. The minimum atomic E-state index is -0.365. The molecule has 1 aliphatic rings. The fraction of sp³-hybridized carbons (Fsp3) is 0.615. The van der Waals surface area contributed by atoms with Crippen LogP contribution in [0.3, 0.4) is 0 Å². The van der Waals surface area contributed by atoms with Crippen molar-refractivity contribution in [3.63, 3.8) is 0 Å². The van der Waals surface area contributed by atoms with E-state index in [0.29, 0.717) is 5.69 Å². The van der Waals surface area contributed by atoms with Gasteiger partial charge in [0.1, 0.15) is 0 Å². The van der Waals surface area contributed by atoms with Crippen molar-refractivity contribution >= 4 is 12.0 Å². The first kappa shape index (κ1) is 13.6. The summed E-state index contributed by atoms with van der Waals surface area (Å²) < 4.78 is 0. The number of anilines is 1. The fourth-order valence-electron chi connectivity index (χ4n) is 2.51. The van der Waals surface area contributed by atoms with Gasteiger partial charge in [-0.05, 0) is 26.7 Å². The predicted molar refractivity (Wildman–Crippen MR) is 73.2 cm³/mol. The average Bonchev–Trinajstić information content (AvgIpc) is 2.27. The topological polar surface area (TPSA) is 86.9 Å². The molecule has 1 aliphatic carbocycles. The van der Waals surface area contributed by atoms with Crippen molar-refractivity contribution in [1.82, 2.24) is 15.3 Å². The first-order chi connectivity index (χ1) is 8.97. The minimum absolute atomic E-state index is 0.160. The number of urea groups is 1. The lowest BCUT2D eigenvalue weighted by molar-refractivity contribution is 0.221. The molecule has 1 heterocycles. The van der Waals surface area contributed by atoms with Gasteiger partial charge in [0.25, 0.3) is 5.56 Å². The van der Waals surface area contributed by atoms with Crippen molar-refractivity contribution in [2.75, 3.05) is 5.32 Å². The second-order valence-electron chi connectivity index (χ2n) is 5.45. The summed E-state index contributed by atoms with van der Waals surface area (Å²) in [6, 6.07) is 1.06. The molecule has 1 aromatic rings. The van der Waals surface area contributed by atoms with Crippen LogP contribution >= 0.6 is 0 Å². The Morgan fingerprint density at radius 1 is 1.37 bits per heavy atom. The summed E-state index contributed by atoms with van der Waals surface area (Å²) in [4.78, 5) is 29.7. The van der Waals surface area contributed by atoms with E-state index in [2.05, 4.69) is 27.5 Å². The number of rotatable bonds is 2. The molecular weight excluding hydrogens is 244 g/mol. The lowest BCUT2D eigenvalue weighted by Crippen LogP contribution is -2.49. The Balaban J connectivity index is 1.99. The van der Waals surface area contributed by atoms with Gasteiger partial charge in [-0.25, -0.2) is 4.79 Å². The highest BCUT2D eigenvalue weighted by molar-refractivity contribution is 5.87. The number of aromatic amines is 1. The van der Waals surface area contributed by atoms with E-state index in [1.165, 1.54) is 12.5 Å². The molecule has 3 N–H and O–H groups in total. The Bertz CT molecular complexity index is 518. The number of H-pyrrole nitrogens is 1. The Kier molecular flexibility index (Phi) is 3.87. The SMILES string of the molecule is Cc1cc(=O)nc(NC(=O)NC2(C)CCCCC2)[nH]1. The number of carbonyl (C=O) groups is 1. The number of hydrogen-bond acceptors (Lipinski definition) is 3. The minimum Gasteiger partial charge on any atom is -0.333 e. The molecule has 2 amide bonds. The highest BCUT2D eigenvalue weighted by Gasteiger charge is 2.28. The number of nitrogens with one attached hydrogen (secondary N) is 3. The maximum absolute atomic E-state index is 11.9. The van der Waals surface area contributed by atoms with Crippen LogP contribution in [-0.2, 0) is 0 Å². The Hall–Kier alpha value is -1.85. The van der Waals surface area contributed by atoms with Gasteiger partial charge in [-0.2, -0.15) is 4.98 Å². The summed E-state index contributed by atoms with van der Waals surface area (Å²) in [5.74, 6) is 0.182. The standard InChI is InChI=1S/C13H20N4O2/c1-9-8-10(18)15-11(14-9)16-12(19)17-13(2)6-4-3-5-7-13/h8H,3-7H2,1-2H3,(H3,14,15,16,17,18,19). The van der Waals surface area contributed by atoms with Gasteiger partial charge in [0.15, 0.2) is 0 Å². The van der Waals surface area contributed by atoms with E-state index in [0.717, 1.165) is 25.7 Å². The first-order valence-corrected chi connectivity index (χ1v) is 6.64. The van der Waals surface area contributed by atoms with Crippen LogP contribution in [-0.4, -0.2) is 21.5 Å². The molecule has 0 aliphatic heterocycles. The first-order valence-electron chi connectivity index (χ1n) is 6.64. The molecule has 0 bridgehead atoms. The smallest absolute Gasteiger partial charge is 0.321 e. The second-order valence-corrected chi connectivity index (χ2v) is 5.45. The van der Waals surface area contributed by atoms with Crippen LogP contribution in [0.4, 0.5) is 10.7 Å². The van der Waals surface area contributed by atoms with E-state index >= 15 is 0 Å². The molecule has 19 heavy (non-hydrogen) atoms. The third-order valence-electron chi connectivity index (χ3n) is 3.48. The molecule has 0 spiro atoms. The molecule has 0 radical (unpaired) electrons. The molecule has 6 heteroatoms. The van der Waals surface area contributed by atoms with Crippen molar-refractivity contribution in [3.05, 3.63) is 22.1 Å². The third-order valence-corrected chi connectivity index (χ3v) is 3.48. The van der Waals surface area contributed by atoms with E-state index in [1.54, 1.807) is 6.92 Å². The summed E-state index contributed by atoms with van der Waals surface area (Å²) in [7, 11) is 0. The fourth-order valence-corrected chi connectivity index (χ4v) is 2.51. The van der Waals surface area contributed by atoms with E-state index < -0.39 is 0 Å². The van der Waals surface area contributed by atoms with Crippen LogP contribution in [0, 0.1) is 6.92 Å². The summed E-state index contributed by atoms with van der Waals surface area (Å²) >= 11 is 0. The summed E-state index contributed by atoms with van der Waals surface area (Å²) in [5, 5.41) is 5.55. The monoisotopic (exact) mass is 264 g/mol. The van der Waals surface area contributed by atoms with Crippen LogP contribution in [0.25, 0.3) is 0 Å². The Labute approximate surface area is 112 Å².